The van der Waals surface area contributed by atoms with Gasteiger partial charge in [-0.05, 0) is 36.2 Å². The second-order valence-corrected chi connectivity index (χ2v) is 6.91. The lowest BCUT2D eigenvalue weighted by molar-refractivity contribution is -0.114. The van der Waals surface area contributed by atoms with Crippen molar-refractivity contribution in [3.05, 3.63) is 60.2 Å². The molecule has 2 aromatic carbocycles. The highest BCUT2D eigenvalue weighted by Crippen LogP contribution is 2.21. The monoisotopic (exact) mass is 332 g/mol. The number of hydrogen-bond acceptors (Lipinski definition) is 3. The molecule has 5 nitrogen and oxygen atoms in total. The van der Waals surface area contributed by atoms with E-state index in [4.69, 9.17) is 0 Å². The summed E-state index contributed by atoms with van der Waals surface area (Å²) in [5.41, 5.74) is 1.49. The molecule has 0 aromatic heterocycles. The summed E-state index contributed by atoms with van der Waals surface area (Å²) in [6.07, 6.45) is 0.646. The first-order valence-corrected chi connectivity index (χ1v) is 8.85. The quantitative estimate of drug-likeness (QED) is 0.853. The molecule has 1 atom stereocenters. The van der Waals surface area contributed by atoms with Crippen LogP contribution >= 0.6 is 0 Å². The van der Waals surface area contributed by atoms with Crippen molar-refractivity contribution in [2.75, 3.05) is 5.32 Å². The van der Waals surface area contributed by atoms with Crippen LogP contribution in [0.2, 0.25) is 0 Å². The van der Waals surface area contributed by atoms with Gasteiger partial charge in [0.25, 0.3) is 0 Å². The lowest BCUT2D eigenvalue weighted by atomic mass is 10.1. The molecule has 2 aromatic rings. The van der Waals surface area contributed by atoms with Crippen LogP contribution in [0.1, 0.15) is 31.9 Å². The lowest BCUT2D eigenvalue weighted by Gasteiger charge is -2.17. The number of nitrogens with one attached hydrogen (secondary N) is 2. The number of rotatable bonds is 6. The maximum Gasteiger partial charge on any atom is 0.241 e. The topological polar surface area (TPSA) is 75.3 Å². The fraction of sp³-hybridized carbons (Fsp3) is 0.235. The highest BCUT2D eigenvalue weighted by atomic mass is 32.2. The molecule has 0 aliphatic heterocycles. The molecule has 0 saturated heterocycles. The molecule has 0 heterocycles. The van der Waals surface area contributed by atoms with E-state index in [1.54, 1.807) is 12.1 Å². The highest BCUT2D eigenvalue weighted by molar-refractivity contribution is 7.89. The van der Waals surface area contributed by atoms with Crippen LogP contribution < -0.4 is 10.0 Å². The summed E-state index contributed by atoms with van der Waals surface area (Å²) in [5.74, 6) is -0.200. The summed E-state index contributed by atoms with van der Waals surface area (Å²) >= 11 is 0. The molecule has 0 radical (unpaired) electrons. The molecule has 0 unspecified atom stereocenters. The van der Waals surface area contributed by atoms with E-state index in [1.165, 1.54) is 19.1 Å². The first kappa shape index (κ1) is 17.2. The van der Waals surface area contributed by atoms with Crippen LogP contribution in [0.5, 0.6) is 0 Å². The first-order valence-electron chi connectivity index (χ1n) is 7.37. The van der Waals surface area contributed by atoms with Crippen molar-refractivity contribution in [1.82, 2.24) is 4.72 Å². The number of amides is 1. The summed E-state index contributed by atoms with van der Waals surface area (Å²) < 4.78 is 27.7. The minimum Gasteiger partial charge on any atom is -0.326 e. The second kappa shape index (κ2) is 7.39. The second-order valence-electron chi connectivity index (χ2n) is 5.20. The zero-order chi connectivity index (χ0) is 16.9. The van der Waals surface area contributed by atoms with Gasteiger partial charge in [-0.25, -0.2) is 13.1 Å². The SMILES string of the molecule is CC[C@@H](NS(=O)(=O)c1ccc(NC(C)=O)cc1)c1ccccc1. The molecule has 0 aliphatic rings. The van der Waals surface area contributed by atoms with Gasteiger partial charge in [0, 0.05) is 18.7 Å². The molecular formula is C17H20N2O3S. The molecular weight excluding hydrogens is 312 g/mol. The van der Waals surface area contributed by atoms with E-state index in [2.05, 4.69) is 10.0 Å². The summed E-state index contributed by atoms with van der Waals surface area (Å²) in [6.45, 7) is 3.33. The van der Waals surface area contributed by atoms with Gasteiger partial charge in [-0.15, -0.1) is 0 Å². The third-order valence-corrected chi connectivity index (χ3v) is 4.88. The van der Waals surface area contributed by atoms with Crippen LogP contribution in [-0.2, 0) is 14.8 Å². The summed E-state index contributed by atoms with van der Waals surface area (Å²) in [7, 11) is -3.63. The summed E-state index contributed by atoms with van der Waals surface area (Å²) in [4.78, 5) is 11.2. The molecule has 2 rings (SSSR count). The minimum atomic E-state index is -3.63. The van der Waals surface area contributed by atoms with Crippen LogP contribution in [0, 0.1) is 0 Å². The van der Waals surface area contributed by atoms with Gasteiger partial charge in [-0.1, -0.05) is 37.3 Å². The fourth-order valence-corrected chi connectivity index (χ4v) is 3.56. The van der Waals surface area contributed by atoms with Gasteiger partial charge < -0.3 is 5.32 Å². The highest BCUT2D eigenvalue weighted by Gasteiger charge is 2.20. The Balaban J connectivity index is 2.19. The molecule has 122 valence electrons. The van der Waals surface area contributed by atoms with E-state index in [0.717, 1.165) is 5.56 Å². The Morgan fingerprint density at radius 3 is 2.17 bits per heavy atom. The average Bonchev–Trinajstić information content (AvgIpc) is 2.53. The summed E-state index contributed by atoms with van der Waals surface area (Å²) in [5, 5.41) is 2.61. The molecule has 0 aliphatic carbocycles. The van der Waals surface area contributed by atoms with Crippen molar-refractivity contribution < 1.29 is 13.2 Å². The standard InChI is InChI=1S/C17H20N2O3S/c1-3-17(14-7-5-4-6-8-14)19-23(21,22)16-11-9-15(10-12-16)18-13(2)20/h4-12,17,19H,3H2,1-2H3,(H,18,20)/t17-/m1/s1. The largest absolute Gasteiger partial charge is 0.326 e. The van der Waals surface area contributed by atoms with Crippen LogP contribution in [0.25, 0.3) is 0 Å². The molecule has 23 heavy (non-hydrogen) atoms. The number of carbonyl (C=O) groups excluding carboxylic acids is 1. The Morgan fingerprint density at radius 2 is 1.65 bits per heavy atom. The Labute approximate surface area is 136 Å². The molecule has 6 heteroatoms. The molecule has 0 spiro atoms. The van der Waals surface area contributed by atoms with Gasteiger partial charge >= 0.3 is 0 Å². The Morgan fingerprint density at radius 1 is 1.04 bits per heavy atom. The van der Waals surface area contributed by atoms with E-state index in [1.807, 2.05) is 37.3 Å². The first-order chi connectivity index (χ1) is 10.9. The van der Waals surface area contributed by atoms with Crippen LogP contribution in [0.15, 0.2) is 59.5 Å². The van der Waals surface area contributed by atoms with E-state index in [-0.39, 0.29) is 16.8 Å². The third-order valence-electron chi connectivity index (χ3n) is 3.39. The zero-order valence-corrected chi connectivity index (χ0v) is 13.9. The van der Waals surface area contributed by atoms with Gasteiger partial charge in [0.05, 0.1) is 4.90 Å². The van der Waals surface area contributed by atoms with Crippen molar-refractivity contribution in [2.24, 2.45) is 0 Å². The Bertz CT molecular complexity index is 756. The van der Waals surface area contributed by atoms with E-state index in [9.17, 15) is 13.2 Å². The molecule has 2 N–H and O–H groups in total. The van der Waals surface area contributed by atoms with Gasteiger partial charge in [0.2, 0.25) is 15.9 Å². The smallest absolute Gasteiger partial charge is 0.241 e. The number of hydrogen-bond donors (Lipinski definition) is 2. The van der Waals surface area contributed by atoms with E-state index < -0.39 is 10.0 Å². The fourth-order valence-electron chi connectivity index (χ4n) is 2.25. The zero-order valence-electron chi connectivity index (χ0n) is 13.1. The maximum absolute atomic E-state index is 12.5. The van der Waals surface area contributed by atoms with Crippen molar-refractivity contribution in [3.63, 3.8) is 0 Å². The van der Waals surface area contributed by atoms with Crippen molar-refractivity contribution >= 4 is 21.6 Å². The van der Waals surface area contributed by atoms with Gasteiger partial charge in [0.15, 0.2) is 0 Å². The number of anilines is 1. The maximum atomic E-state index is 12.5. The minimum absolute atomic E-state index is 0.168. The van der Waals surface area contributed by atoms with Crippen LogP contribution in [-0.4, -0.2) is 14.3 Å². The molecule has 0 fully saturated rings. The molecule has 1 amide bonds. The van der Waals surface area contributed by atoms with Crippen LogP contribution in [0.3, 0.4) is 0 Å². The third kappa shape index (κ3) is 4.64. The van der Waals surface area contributed by atoms with Crippen molar-refractivity contribution in [3.8, 4) is 0 Å². The van der Waals surface area contributed by atoms with Gasteiger partial charge in [0.1, 0.15) is 0 Å². The van der Waals surface area contributed by atoms with Crippen LogP contribution in [0.4, 0.5) is 5.69 Å². The number of carbonyl (C=O) groups is 1. The van der Waals surface area contributed by atoms with Crippen molar-refractivity contribution in [1.29, 1.82) is 0 Å². The normalized spacial score (nSPS) is 12.6. The Hall–Kier alpha value is -2.18. The number of benzene rings is 2. The lowest BCUT2D eigenvalue weighted by Crippen LogP contribution is -2.28. The summed E-state index contributed by atoms with van der Waals surface area (Å²) in [6, 6.07) is 15.3. The Kier molecular flexibility index (Phi) is 5.52. The average molecular weight is 332 g/mol. The predicted octanol–water partition coefficient (Wildman–Crippen LogP) is 3.07. The molecule has 0 saturated carbocycles. The van der Waals surface area contributed by atoms with Gasteiger partial charge in [-0.3, -0.25) is 4.79 Å². The molecule has 0 bridgehead atoms. The van der Waals surface area contributed by atoms with E-state index >= 15 is 0 Å². The number of sulfonamides is 1. The van der Waals surface area contributed by atoms with Crippen molar-refractivity contribution in [2.45, 2.75) is 31.2 Å². The predicted molar refractivity (Wildman–Crippen MR) is 90.5 cm³/mol. The van der Waals surface area contributed by atoms with Gasteiger partial charge in [-0.2, -0.15) is 0 Å². The van der Waals surface area contributed by atoms with E-state index in [0.29, 0.717) is 12.1 Å².